The first kappa shape index (κ1) is 12.5. The SMILES string of the molecule is C[C@@H]1CCC[C@H](C)N1CCCl.Cl. The second-order valence-electron chi connectivity index (χ2n) is 3.56. The maximum absolute atomic E-state index is 5.72. The molecule has 1 rings (SSSR count). The summed E-state index contributed by atoms with van der Waals surface area (Å²) in [6.45, 7) is 5.67. The van der Waals surface area contributed by atoms with Gasteiger partial charge in [0.25, 0.3) is 0 Å². The molecule has 0 aliphatic carbocycles. The number of alkyl halides is 1. The number of likely N-dealkylation sites (tertiary alicyclic amines) is 1. The van der Waals surface area contributed by atoms with E-state index in [4.69, 9.17) is 11.6 Å². The third-order valence-electron chi connectivity index (χ3n) is 2.72. The van der Waals surface area contributed by atoms with Crippen molar-refractivity contribution in [3.05, 3.63) is 0 Å². The van der Waals surface area contributed by atoms with Crippen molar-refractivity contribution in [1.29, 1.82) is 0 Å². The summed E-state index contributed by atoms with van der Waals surface area (Å²) in [6, 6.07) is 1.50. The van der Waals surface area contributed by atoms with Crippen LogP contribution in [0.1, 0.15) is 33.1 Å². The molecule has 1 aliphatic heterocycles. The monoisotopic (exact) mass is 211 g/mol. The average Bonchev–Trinajstić information content (AvgIpc) is 1.97. The molecule has 0 bridgehead atoms. The van der Waals surface area contributed by atoms with Crippen LogP contribution in [0.4, 0.5) is 0 Å². The van der Waals surface area contributed by atoms with Crippen molar-refractivity contribution in [2.75, 3.05) is 12.4 Å². The maximum Gasteiger partial charge on any atom is 0.0351 e. The minimum atomic E-state index is 0. The van der Waals surface area contributed by atoms with Gasteiger partial charge in [0, 0.05) is 24.5 Å². The van der Waals surface area contributed by atoms with E-state index >= 15 is 0 Å². The van der Waals surface area contributed by atoms with Crippen molar-refractivity contribution in [1.82, 2.24) is 4.90 Å². The highest BCUT2D eigenvalue weighted by molar-refractivity contribution is 6.18. The van der Waals surface area contributed by atoms with Gasteiger partial charge < -0.3 is 0 Å². The summed E-state index contributed by atoms with van der Waals surface area (Å²) in [5.41, 5.74) is 0. The van der Waals surface area contributed by atoms with E-state index in [1.807, 2.05) is 0 Å². The number of halogens is 2. The fourth-order valence-corrected chi connectivity index (χ4v) is 2.21. The van der Waals surface area contributed by atoms with Crippen LogP contribution in [0, 0.1) is 0 Å². The van der Waals surface area contributed by atoms with Gasteiger partial charge >= 0.3 is 0 Å². The van der Waals surface area contributed by atoms with Crippen molar-refractivity contribution in [2.45, 2.75) is 45.2 Å². The largest absolute Gasteiger partial charge is 0.297 e. The molecule has 1 saturated heterocycles. The number of rotatable bonds is 2. The number of piperidine rings is 1. The summed E-state index contributed by atoms with van der Waals surface area (Å²) < 4.78 is 0. The lowest BCUT2D eigenvalue weighted by Crippen LogP contribution is -2.44. The van der Waals surface area contributed by atoms with Crippen molar-refractivity contribution >= 4 is 24.0 Å². The molecule has 1 aliphatic rings. The third kappa shape index (κ3) is 3.12. The normalized spacial score (nSPS) is 31.2. The van der Waals surface area contributed by atoms with E-state index < -0.39 is 0 Å². The van der Waals surface area contributed by atoms with Gasteiger partial charge in [0.1, 0.15) is 0 Å². The Balaban J connectivity index is 0.00000121. The highest BCUT2D eigenvalue weighted by atomic mass is 35.5. The molecule has 2 atom stereocenters. The number of hydrogen-bond acceptors (Lipinski definition) is 1. The Morgan fingerprint density at radius 3 is 2.17 bits per heavy atom. The minimum Gasteiger partial charge on any atom is -0.297 e. The molecule has 0 aromatic heterocycles. The van der Waals surface area contributed by atoms with Crippen LogP contribution in [-0.4, -0.2) is 29.4 Å². The first-order chi connectivity index (χ1) is 5.25. The first-order valence-corrected chi connectivity index (χ1v) is 5.11. The van der Waals surface area contributed by atoms with Gasteiger partial charge in [0.05, 0.1) is 0 Å². The smallest absolute Gasteiger partial charge is 0.0351 e. The molecule has 12 heavy (non-hydrogen) atoms. The van der Waals surface area contributed by atoms with Crippen LogP contribution in [0.3, 0.4) is 0 Å². The molecule has 74 valence electrons. The average molecular weight is 212 g/mol. The van der Waals surface area contributed by atoms with Gasteiger partial charge in [-0.05, 0) is 26.7 Å². The maximum atomic E-state index is 5.72. The standard InChI is InChI=1S/C9H18ClN.ClH/c1-8-4-3-5-9(2)11(8)7-6-10;/h8-9H,3-7H2,1-2H3;1H/t8-,9+;. The van der Waals surface area contributed by atoms with E-state index in [2.05, 4.69) is 18.7 Å². The zero-order valence-corrected chi connectivity index (χ0v) is 9.50. The third-order valence-corrected chi connectivity index (χ3v) is 2.89. The summed E-state index contributed by atoms with van der Waals surface area (Å²) in [4.78, 5) is 2.52. The summed E-state index contributed by atoms with van der Waals surface area (Å²) >= 11 is 5.72. The van der Waals surface area contributed by atoms with Crippen LogP contribution in [0.2, 0.25) is 0 Å². The fraction of sp³-hybridized carbons (Fsp3) is 1.00. The molecule has 1 nitrogen and oxygen atoms in total. The van der Waals surface area contributed by atoms with E-state index in [-0.39, 0.29) is 12.4 Å². The Morgan fingerprint density at radius 2 is 1.75 bits per heavy atom. The second-order valence-corrected chi connectivity index (χ2v) is 3.93. The van der Waals surface area contributed by atoms with Gasteiger partial charge in [-0.1, -0.05) is 6.42 Å². The van der Waals surface area contributed by atoms with Crippen molar-refractivity contribution in [3.8, 4) is 0 Å². The molecule has 1 fully saturated rings. The van der Waals surface area contributed by atoms with Crippen LogP contribution < -0.4 is 0 Å². The minimum absolute atomic E-state index is 0. The molecule has 3 heteroatoms. The zero-order valence-electron chi connectivity index (χ0n) is 7.92. The summed E-state index contributed by atoms with van der Waals surface area (Å²) in [6.07, 6.45) is 4.09. The van der Waals surface area contributed by atoms with Crippen LogP contribution in [0.5, 0.6) is 0 Å². The molecule has 0 amide bonds. The lowest BCUT2D eigenvalue weighted by molar-refractivity contribution is 0.112. The lowest BCUT2D eigenvalue weighted by atomic mass is 9.98. The van der Waals surface area contributed by atoms with Crippen LogP contribution in [0.15, 0.2) is 0 Å². The van der Waals surface area contributed by atoms with Gasteiger partial charge in [0.15, 0.2) is 0 Å². The van der Waals surface area contributed by atoms with E-state index in [0.717, 1.165) is 24.5 Å². The fourth-order valence-electron chi connectivity index (χ4n) is 2.01. The highest BCUT2D eigenvalue weighted by Gasteiger charge is 2.23. The molecule has 0 spiro atoms. The molecule has 0 aromatic rings. The van der Waals surface area contributed by atoms with E-state index in [9.17, 15) is 0 Å². The van der Waals surface area contributed by atoms with E-state index in [1.165, 1.54) is 19.3 Å². The summed E-state index contributed by atoms with van der Waals surface area (Å²) in [5, 5.41) is 0. The zero-order chi connectivity index (χ0) is 8.27. The van der Waals surface area contributed by atoms with Gasteiger partial charge in [0.2, 0.25) is 0 Å². The van der Waals surface area contributed by atoms with Gasteiger partial charge in [-0.25, -0.2) is 0 Å². The lowest BCUT2D eigenvalue weighted by Gasteiger charge is -2.38. The predicted octanol–water partition coefficient (Wildman–Crippen LogP) is 2.91. The second kappa shape index (κ2) is 6.06. The Hall–Kier alpha value is 0.540. The number of hydrogen-bond donors (Lipinski definition) is 0. The molecule has 1 heterocycles. The van der Waals surface area contributed by atoms with Crippen molar-refractivity contribution in [3.63, 3.8) is 0 Å². The van der Waals surface area contributed by atoms with Gasteiger partial charge in [-0.3, -0.25) is 4.90 Å². The van der Waals surface area contributed by atoms with Crippen LogP contribution >= 0.6 is 24.0 Å². The van der Waals surface area contributed by atoms with Crippen molar-refractivity contribution < 1.29 is 0 Å². The Bertz CT molecular complexity index is 109. The first-order valence-electron chi connectivity index (χ1n) is 4.57. The van der Waals surface area contributed by atoms with Crippen molar-refractivity contribution in [2.24, 2.45) is 0 Å². The molecule has 0 saturated carbocycles. The molecule has 0 aromatic carbocycles. The molecule has 0 N–H and O–H groups in total. The summed E-state index contributed by atoms with van der Waals surface area (Å²) in [5.74, 6) is 0.773. The van der Waals surface area contributed by atoms with Gasteiger partial charge in [-0.2, -0.15) is 0 Å². The molecule has 0 unspecified atom stereocenters. The Kier molecular flexibility index (Phi) is 6.34. The van der Waals surface area contributed by atoms with Crippen LogP contribution in [0.25, 0.3) is 0 Å². The Morgan fingerprint density at radius 1 is 1.25 bits per heavy atom. The molecule has 0 radical (unpaired) electrons. The van der Waals surface area contributed by atoms with Crippen LogP contribution in [-0.2, 0) is 0 Å². The highest BCUT2D eigenvalue weighted by Crippen LogP contribution is 2.21. The molecular weight excluding hydrogens is 193 g/mol. The van der Waals surface area contributed by atoms with E-state index in [0.29, 0.717) is 0 Å². The molecular formula is C9H19Cl2N. The predicted molar refractivity (Wildman–Crippen MR) is 57.4 cm³/mol. The number of nitrogens with zero attached hydrogens (tertiary/aromatic N) is 1. The topological polar surface area (TPSA) is 3.24 Å². The quantitative estimate of drug-likeness (QED) is 0.636. The van der Waals surface area contributed by atoms with E-state index in [1.54, 1.807) is 0 Å². The summed E-state index contributed by atoms with van der Waals surface area (Å²) in [7, 11) is 0. The Labute approximate surface area is 86.9 Å². The van der Waals surface area contributed by atoms with Gasteiger partial charge in [-0.15, -0.1) is 24.0 Å².